The van der Waals surface area contributed by atoms with Crippen molar-refractivity contribution in [1.82, 2.24) is 5.43 Å². The van der Waals surface area contributed by atoms with E-state index in [2.05, 4.69) is 15.5 Å². The maximum absolute atomic E-state index is 12.2. The number of nitrogens with zero attached hydrogens (tertiary/aromatic N) is 2. The summed E-state index contributed by atoms with van der Waals surface area (Å²) in [5.74, 6) is 0.901. The monoisotopic (exact) mass is 357 g/mol. The van der Waals surface area contributed by atoms with Crippen LogP contribution >= 0.6 is 0 Å². The number of hydrogen-bond acceptors (Lipinski definition) is 3. The highest BCUT2D eigenvalue weighted by atomic mass is 16.5. The van der Waals surface area contributed by atoms with Crippen LogP contribution in [0.15, 0.2) is 95.0 Å². The summed E-state index contributed by atoms with van der Waals surface area (Å²) in [6.07, 6.45) is 1.69. The van der Waals surface area contributed by atoms with Crippen molar-refractivity contribution in [2.45, 2.75) is 0 Å². The summed E-state index contributed by atoms with van der Waals surface area (Å²) < 4.78 is 5.16. The summed E-state index contributed by atoms with van der Waals surface area (Å²) in [6, 6.07) is 25.9. The lowest BCUT2D eigenvalue weighted by Crippen LogP contribution is -2.19. The van der Waals surface area contributed by atoms with E-state index in [1.807, 2.05) is 60.7 Å². The summed E-state index contributed by atoms with van der Waals surface area (Å²) in [6.45, 7) is 0. The molecule has 0 radical (unpaired) electrons. The number of amides is 1. The van der Waals surface area contributed by atoms with Gasteiger partial charge in [-0.05, 0) is 42.0 Å². The van der Waals surface area contributed by atoms with Crippen molar-refractivity contribution in [3.8, 4) is 5.75 Å². The number of aliphatic imine (C=N–C) groups is 1. The van der Waals surface area contributed by atoms with Gasteiger partial charge >= 0.3 is 0 Å². The molecule has 0 fully saturated rings. The molecule has 0 heterocycles. The SMILES string of the molecule is COc1ccc(C=NC(=NNC(=O)c2ccccc2)c2ccccc2)cc1. The molecule has 0 aliphatic heterocycles. The zero-order valence-corrected chi connectivity index (χ0v) is 14.9. The van der Waals surface area contributed by atoms with Gasteiger partial charge in [-0.2, -0.15) is 5.10 Å². The molecule has 0 spiro atoms. The lowest BCUT2D eigenvalue weighted by Gasteiger charge is -2.04. The average molecular weight is 357 g/mol. The fraction of sp³-hybridized carbons (Fsp3) is 0.0455. The van der Waals surface area contributed by atoms with Gasteiger partial charge in [-0.3, -0.25) is 4.79 Å². The van der Waals surface area contributed by atoms with Crippen LogP contribution in [0.2, 0.25) is 0 Å². The van der Waals surface area contributed by atoms with E-state index in [4.69, 9.17) is 4.74 Å². The highest BCUT2D eigenvalue weighted by molar-refractivity contribution is 6.06. The van der Waals surface area contributed by atoms with E-state index in [0.717, 1.165) is 16.9 Å². The zero-order chi connectivity index (χ0) is 18.9. The van der Waals surface area contributed by atoms with E-state index in [1.165, 1.54) is 0 Å². The van der Waals surface area contributed by atoms with Crippen molar-refractivity contribution in [3.05, 3.63) is 102 Å². The third-order valence-corrected chi connectivity index (χ3v) is 3.78. The van der Waals surface area contributed by atoms with Gasteiger partial charge in [0.15, 0.2) is 5.84 Å². The van der Waals surface area contributed by atoms with Crippen LogP contribution in [0.4, 0.5) is 0 Å². The second-order valence-electron chi connectivity index (χ2n) is 5.64. The number of hydrogen-bond donors (Lipinski definition) is 1. The number of amidine groups is 1. The first kappa shape index (κ1) is 18.1. The summed E-state index contributed by atoms with van der Waals surface area (Å²) in [7, 11) is 1.62. The Kier molecular flexibility index (Phi) is 6.09. The number of carbonyl (C=O) groups is 1. The molecule has 134 valence electrons. The van der Waals surface area contributed by atoms with Crippen molar-refractivity contribution >= 4 is 18.0 Å². The third kappa shape index (κ3) is 5.12. The highest BCUT2D eigenvalue weighted by Crippen LogP contribution is 2.10. The third-order valence-electron chi connectivity index (χ3n) is 3.78. The number of nitrogens with one attached hydrogen (secondary N) is 1. The normalized spacial score (nSPS) is 11.4. The van der Waals surface area contributed by atoms with Gasteiger partial charge in [0.2, 0.25) is 0 Å². The number of hydrazone groups is 1. The van der Waals surface area contributed by atoms with E-state index in [-0.39, 0.29) is 5.91 Å². The first-order chi connectivity index (χ1) is 13.3. The van der Waals surface area contributed by atoms with Gasteiger partial charge in [0.05, 0.1) is 7.11 Å². The Morgan fingerprint density at radius 1 is 0.852 bits per heavy atom. The topological polar surface area (TPSA) is 63.1 Å². The molecule has 1 amide bonds. The van der Waals surface area contributed by atoms with Crippen LogP contribution in [-0.2, 0) is 0 Å². The predicted octanol–water partition coefficient (Wildman–Crippen LogP) is 3.91. The van der Waals surface area contributed by atoms with E-state index in [0.29, 0.717) is 11.4 Å². The Labute approximate surface area is 158 Å². The molecule has 0 bridgehead atoms. The minimum Gasteiger partial charge on any atom is -0.497 e. The Hall–Kier alpha value is -3.73. The number of ether oxygens (including phenoxy) is 1. The molecule has 0 saturated carbocycles. The van der Waals surface area contributed by atoms with Crippen LogP contribution in [0.3, 0.4) is 0 Å². The summed E-state index contributed by atoms with van der Waals surface area (Å²) in [5.41, 5.74) is 4.80. The molecule has 0 aliphatic carbocycles. The van der Waals surface area contributed by atoms with Gasteiger partial charge in [0.1, 0.15) is 5.75 Å². The number of carbonyl (C=O) groups excluding carboxylic acids is 1. The van der Waals surface area contributed by atoms with E-state index in [1.54, 1.807) is 37.6 Å². The Bertz CT molecular complexity index is 934. The summed E-state index contributed by atoms with van der Waals surface area (Å²) in [4.78, 5) is 16.7. The quantitative estimate of drug-likeness (QED) is 0.427. The smallest absolute Gasteiger partial charge is 0.271 e. The van der Waals surface area contributed by atoms with Crippen LogP contribution in [0.5, 0.6) is 5.75 Å². The van der Waals surface area contributed by atoms with Gasteiger partial charge in [-0.1, -0.05) is 48.5 Å². The minimum atomic E-state index is -0.288. The zero-order valence-electron chi connectivity index (χ0n) is 14.9. The van der Waals surface area contributed by atoms with E-state index >= 15 is 0 Å². The van der Waals surface area contributed by atoms with Gasteiger partial charge < -0.3 is 4.74 Å². The molecule has 0 unspecified atom stereocenters. The van der Waals surface area contributed by atoms with Crippen LogP contribution in [0, 0.1) is 0 Å². The number of benzene rings is 3. The molecule has 0 saturated heterocycles. The summed E-state index contributed by atoms with van der Waals surface area (Å²) in [5, 5.41) is 4.21. The van der Waals surface area contributed by atoms with Gasteiger partial charge in [0, 0.05) is 17.3 Å². The van der Waals surface area contributed by atoms with Gasteiger partial charge in [-0.15, -0.1) is 0 Å². The Balaban J connectivity index is 1.82. The fourth-order valence-electron chi connectivity index (χ4n) is 2.34. The first-order valence-corrected chi connectivity index (χ1v) is 8.43. The molecule has 3 aromatic rings. The number of rotatable bonds is 5. The van der Waals surface area contributed by atoms with Gasteiger partial charge in [-0.25, -0.2) is 10.4 Å². The van der Waals surface area contributed by atoms with Crippen molar-refractivity contribution < 1.29 is 9.53 Å². The van der Waals surface area contributed by atoms with Crippen LogP contribution < -0.4 is 10.2 Å². The van der Waals surface area contributed by atoms with E-state index in [9.17, 15) is 4.79 Å². The highest BCUT2D eigenvalue weighted by Gasteiger charge is 2.05. The molecule has 1 N–H and O–H groups in total. The molecule has 0 aliphatic rings. The lowest BCUT2D eigenvalue weighted by atomic mass is 10.2. The van der Waals surface area contributed by atoms with Crippen molar-refractivity contribution in [1.29, 1.82) is 0 Å². The molecule has 5 heteroatoms. The van der Waals surface area contributed by atoms with Gasteiger partial charge in [0.25, 0.3) is 5.91 Å². The molecule has 0 atom stereocenters. The average Bonchev–Trinajstić information content (AvgIpc) is 2.75. The lowest BCUT2D eigenvalue weighted by molar-refractivity contribution is 0.0955. The maximum Gasteiger partial charge on any atom is 0.271 e. The molecule has 5 nitrogen and oxygen atoms in total. The molecule has 27 heavy (non-hydrogen) atoms. The number of methoxy groups -OCH3 is 1. The Morgan fingerprint density at radius 2 is 1.44 bits per heavy atom. The maximum atomic E-state index is 12.2. The largest absolute Gasteiger partial charge is 0.497 e. The molecular weight excluding hydrogens is 338 g/mol. The van der Waals surface area contributed by atoms with Crippen molar-refractivity contribution in [2.75, 3.05) is 7.11 Å². The van der Waals surface area contributed by atoms with Crippen molar-refractivity contribution in [2.24, 2.45) is 10.1 Å². The standard InChI is InChI=1S/C22H19N3O2/c1-27-20-14-12-17(13-15-20)16-23-21(18-8-4-2-5-9-18)24-25-22(26)19-10-6-3-7-11-19/h2-16H,1H3,(H,25,26). The van der Waals surface area contributed by atoms with Crippen LogP contribution in [0.25, 0.3) is 0 Å². The molecule has 3 rings (SSSR count). The van der Waals surface area contributed by atoms with Crippen LogP contribution in [-0.4, -0.2) is 25.1 Å². The summed E-state index contributed by atoms with van der Waals surface area (Å²) >= 11 is 0. The molecule has 0 aromatic heterocycles. The molecular formula is C22H19N3O2. The van der Waals surface area contributed by atoms with E-state index < -0.39 is 0 Å². The second kappa shape index (κ2) is 9.10. The molecule has 3 aromatic carbocycles. The second-order valence-corrected chi connectivity index (χ2v) is 5.64. The first-order valence-electron chi connectivity index (χ1n) is 8.43. The van der Waals surface area contributed by atoms with Crippen molar-refractivity contribution in [3.63, 3.8) is 0 Å². The predicted molar refractivity (Wildman–Crippen MR) is 107 cm³/mol. The fourth-order valence-corrected chi connectivity index (χ4v) is 2.34. The Morgan fingerprint density at radius 3 is 2.04 bits per heavy atom. The minimum absolute atomic E-state index is 0.288. The van der Waals surface area contributed by atoms with Crippen LogP contribution in [0.1, 0.15) is 21.5 Å².